The molecule has 0 N–H and O–H groups in total. The van der Waals surface area contributed by atoms with Gasteiger partial charge in [0.25, 0.3) is 0 Å². The zero-order chi connectivity index (χ0) is 15.0. The van der Waals surface area contributed by atoms with Crippen LogP contribution in [0.3, 0.4) is 0 Å². The zero-order valence-electron chi connectivity index (χ0n) is 13.3. The summed E-state index contributed by atoms with van der Waals surface area (Å²) in [6.07, 6.45) is 5.23. The first-order valence-electron chi connectivity index (χ1n) is 7.97. The quantitative estimate of drug-likeness (QED) is 0.423. The molecule has 3 unspecified atom stereocenters. The fraction of sp³-hybridized carbons (Fsp3) is 0.824. The number of fused-ring (bicyclic) bond motifs is 2. The SMILES string of the molecule is CC(=O)O[C@@H]1CC2OC3C=C(C)CC[C@]3(C)[C@]1(C)C21CO1. The van der Waals surface area contributed by atoms with E-state index in [4.69, 9.17) is 14.2 Å². The molecule has 0 aromatic carbocycles. The Labute approximate surface area is 125 Å². The van der Waals surface area contributed by atoms with Crippen molar-refractivity contribution < 1.29 is 19.0 Å². The number of esters is 1. The van der Waals surface area contributed by atoms with Gasteiger partial charge in [0.05, 0.1) is 18.8 Å². The number of carbonyl (C=O) groups excluding carboxylic acids is 1. The molecule has 1 spiro atoms. The smallest absolute Gasteiger partial charge is 0.302 e. The Bertz CT molecular complexity index is 535. The number of hydrogen-bond acceptors (Lipinski definition) is 4. The van der Waals surface area contributed by atoms with Gasteiger partial charge in [0, 0.05) is 24.2 Å². The van der Waals surface area contributed by atoms with E-state index in [1.807, 2.05) is 0 Å². The zero-order valence-corrected chi connectivity index (χ0v) is 13.3. The summed E-state index contributed by atoms with van der Waals surface area (Å²) < 4.78 is 18.1. The Morgan fingerprint density at radius 1 is 1.43 bits per heavy atom. The van der Waals surface area contributed by atoms with Gasteiger partial charge in [-0.2, -0.15) is 0 Å². The molecule has 116 valence electrons. The highest BCUT2D eigenvalue weighted by molar-refractivity contribution is 5.66. The standard InChI is InChI=1S/C17H24O4/c1-10-5-6-15(3)12(7-10)21-14-8-13(20-11(2)18)16(15,4)17(14)9-19-17/h7,12-14H,5-6,8-9H2,1-4H3/t12?,13-,14?,15+,16-,17?/m1/s1. The van der Waals surface area contributed by atoms with Gasteiger partial charge in [0.1, 0.15) is 11.7 Å². The van der Waals surface area contributed by atoms with E-state index in [2.05, 4.69) is 26.8 Å². The molecule has 0 aromatic rings. The van der Waals surface area contributed by atoms with Gasteiger partial charge in [0.15, 0.2) is 0 Å². The molecule has 4 rings (SSSR count). The van der Waals surface area contributed by atoms with Crippen molar-refractivity contribution in [2.45, 2.75) is 70.9 Å². The van der Waals surface area contributed by atoms with Crippen LogP contribution in [0.25, 0.3) is 0 Å². The van der Waals surface area contributed by atoms with E-state index in [0.717, 1.165) is 25.9 Å². The molecule has 21 heavy (non-hydrogen) atoms. The van der Waals surface area contributed by atoms with E-state index in [1.54, 1.807) is 0 Å². The van der Waals surface area contributed by atoms with Crippen LogP contribution in [0.4, 0.5) is 0 Å². The van der Waals surface area contributed by atoms with Crippen molar-refractivity contribution in [3.63, 3.8) is 0 Å². The molecule has 0 aromatic heterocycles. The molecule has 2 bridgehead atoms. The maximum absolute atomic E-state index is 11.6. The van der Waals surface area contributed by atoms with Crippen LogP contribution < -0.4 is 0 Å². The van der Waals surface area contributed by atoms with E-state index in [0.29, 0.717) is 0 Å². The summed E-state index contributed by atoms with van der Waals surface area (Å²) in [6, 6.07) is 0. The lowest BCUT2D eigenvalue weighted by Crippen LogP contribution is -2.63. The summed E-state index contributed by atoms with van der Waals surface area (Å²) in [7, 11) is 0. The second kappa shape index (κ2) is 3.90. The molecule has 2 aliphatic carbocycles. The van der Waals surface area contributed by atoms with Crippen LogP contribution in [0.5, 0.6) is 0 Å². The van der Waals surface area contributed by atoms with Gasteiger partial charge in [-0.25, -0.2) is 0 Å². The van der Waals surface area contributed by atoms with Gasteiger partial charge in [0.2, 0.25) is 0 Å². The van der Waals surface area contributed by atoms with Crippen LogP contribution in [0.1, 0.15) is 47.0 Å². The molecule has 4 heteroatoms. The van der Waals surface area contributed by atoms with E-state index in [9.17, 15) is 4.79 Å². The highest BCUT2D eigenvalue weighted by Gasteiger charge is 2.81. The van der Waals surface area contributed by atoms with Crippen molar-refractivity contribution in [3.05, 3.63) is 11.6 Å². The predicted octanol–water partition coefficient (Wildman–Crippen LogP) is 2.61. The van der Waals surface area contributed by atoms with Crippen LogP contribution in [0.2, 0.25) is 0 Å². The molecule has 1 saturated carbocycles. The monoisotopic (exact) mass is 292 g/mol. The normalized spacial score (nSPS) is 54.1. The van der Waals surface area contributed by atoms with E-state index in [1.165, 1.54) is 12.5 Å². The molecule has 3 fully saturated rings. The van der Waals surface area contributed by atoms with Crippen molar-refractivity contribution in [1.29, 1.82) is 0 Å². The van der Waals surface area contributed by atoms with E-state index < -0.39 is 0 Å². The number of carbonyl (C=O) groups is 1. The lowest BCUT2D eigenvalue weighted by atomic mass is 9.52. The number of allylic oxidation sites excluding steroid dienone is 1. The lowest BCUT2D eigenvalue weighted by Gasteiger charge is -2.57. The number of rotatable bonds is 1. The van der Waals surface area contributed by atoms with Crippen molar-refractivity contribution >= 4 is 5.97 Å². The highest BCUT2D eigenvalue weighted by Crippen LogP contribution is 2.71. The van der Waals surface area contributed by atoms with Crippen LogP contribution in [-0.2, 0) is 19.0 Å². The molecule has 0 amide bonds. The van der Waals surface area contributed by atoms with Crippen molar-refractivity contribution in [2.75, 3.05) is 6.61 Å². The van der Waals surface area contributed by atoms with Gasteiger partial charge in [-0.15, -0.1) is 0 Å². The summed E-state index contributed by atoms with van der Waals surface area (Å²) in [4.78, 5) is 11.6. The Hall–Kier alpha value is -0.870. The molecular weight excluding hydrogens is 268 g/mol. The van der Waals surface area contributed by atoms with Gasteiger partial charge < -0.3 is 14.2 Å². The second-order valence-corrected chi connectivity index (χ2v) is 7.69. The molecule has 2 saturated heterocycles. The lowest BCUT2D eigenvalue weighted by molar-refractivity contribution is -0.210. The summed E-state index contributed by atoms with van der Waals surface area (Å²) in [5.74, 6) is -0.202. The third-order valence-electron chi connectivity index (χ3n) is 6.83. The molecule has 4 aliphatic rings. The molecule has 4 nitrogen and oxygen atoms in total. The molecule has 2 heterocycles. The summed E-state index contributed by atoms with van der Waals surface area (Å²) in [5.41, 5.74) is 0.946. The molecular formula is C17H24O4. The highest BCUT2D eigenvalue weighted by atomic mass is 16.6. The number of epoxide rings is 1. The molecule has 0 radical (unpaired) electrons. The Kier molecular flexibility index (Phi) is 2.56. The fourth-order valence-electron chi connectivity index (χ4n) is 5.22. The Balaban J connectivity index is 1.82. The minimum atomic E-state index is -0.239. The molecule has 2 aliphatic heterocycles. The topological polar surface area (TPSA) is 48.1 Å². The number of ether oxygens (including phenoxy) is 3. The summed E-state index contributed by atoms with van der Waals surface area (Å²) in [5, 5.41) is 0. The van der Waals surface area contributed by atoms with Crippen LogP contribution in [0, 0.1) is 10.8 Å². The average molecular weight is 292 g/mol. The maximum atomic E-state index is 11.6. The van der Waals surface area contributed by atoms with Gasteiger partial charge in [-0.1, -0.05) is 25.5 Å². The Morgan fingerprint density at radius 2 is 2.14 bits per heavy atom. The van der Waals surface area contributed by atoms with Crippen molar-refractivity contribution in [1.82, 2.24) is 0 Å². The van der Waals surface area contributed by atoms with Crippen LogP contribution in [-0.4, -0.2) is 36.5 Å². The van der Waals surface area contributed by atoms with E-state index >= 15 is 0 Å². The minimum Gasteiger partial charge on any atom is -0.462 e. The van der Waals surface area contributed by atoms with E-state index in [-0.39, 0.29) is 40.7 Å². The van der Waals surface area contributed by atoms with Gasteiger partial charge >= 0.3 is 5.97 Å². The first-order chi connectivity index (χ1) is 9.83. The van der Waals surface area contributed by atoms with Gasteiger partial charge in [-0.3, -0.25) is 4.79 Å². The van der Waals surface area contributed by atoms with Crippen LogP contribution in [0.15, 0.2) is 11.6 Å². The third-order valence-corrected chi connectivity index (χ3v) is 6.83. The molecule has 6 atom stereocenters. The summed E-state index contributed by atoms with van der Waals surface area (Å²) in [6.45, 7) is 8.96. The maximum Gasteiger partial charge on any atom is 0.302 e. The predicted molar refractivity (Wildman–Crippen MR) is 76.7 cm³/mol. The Morgan fingerprint density at radius 3 is 2.76 bits per heavy atom. The number of hydrogen-bond donors (Lipinski definition) is 0. The second-order valence-electron chi connectivity index (χ2n) is 7.69. The van der Waals surface area contributed by atoms with Crippen molar-refractivity contribution in [2.24, 2.45) is 10.8 Å². The fourth-order valence-corrected chi connectivity index (χ4v) is 5.22. The minimum absolute atomic E-state index is 0.0455. The first-order valence-corrected chi connectivity index (χ1v) is 7.97. The average Bonchev–Trinajstić information content (AvgIpc) is 3.16. The van der Waals surface area contributed by atoms with Gasteiger partial charge in [-0.05, 0) is 19.8 Å². The van der Waals surface area contributed by atoms with Crippen molar-refractivity contribution in [3.8, 4) is 0 Å². The first kappa shape index (κ1) is 13.8. The largest absolute Gasteiger partial charge is 0.462 e. The summed E-state index contributed by atoms with van der Waals surface area (Å²) >= 11 is 0. The third kappa shape index (κ3) is 1.45. The van der Waals surface area contributed by atoms with Crippen LogP contribution >= 0.6 is 0 Å².